The Morgan fingerprint density at radius 1 is 1.12 bits per heavy atom. The molecule has 1 amide bonds. The average molecular weight is 357 g/mol. The van der Waals surface area contributed by atoms with E-state index in [-0.39, 0.29) is 30.1 Å². The third-order valence-electron chi connectivity index (χ3n) is 4.49. The molecule has 0 aliphatic heterocycles. The minimum atomic E-state index is -0.643. The Morgan fingerprint density at radius 3 is 2.64 bits per heavy atom. The van der Waals surface area contributed by atoms with Crippen molar-refractivity contribution in [3.05, 3.63) is 81.7 Å². The molecular weight excluding hydrogens is 340 g/mol. The number of hydrogen-bond donors (Lipinski definition) is 2. The van der Waals surface area contributed by atoms with Crippen LogP contribution in [-0.2, 0) is 6.42 Å². The van der Waals surface area contributed by atoms with E-state index in [9.17, 15) is 9.59 Å². The molecule has 0 fully saturated rings. The van der Waals surface area contributed by atoms with Crippen molar-refractivity contribution >= 4 is 29.3 Å². The molecule has 1 aliphatic rings. The largest absolute Gasteiger partial charge is 0.422 e. The second-order valence-corrected chi connectivity index (χ2v) is 5.99. The Morgan fingerprint density at radius 2 is 1.84 bits per heavy atom. The molecule has 1 aliphatic carbocycles. The summed E-state index contributed by atoms with van der Waals surface area (Å²) in [5, 5.41) is 3.58. The number of benzene rings is 2. The number of fused-ring (bicyclic) bond motifs is 2. The Bertz CT molecular complexity index is 999. The molecule has 0 saturated heterocycles. The molecule has 0 spiro atoms. The van der Waals surface area contributed by atoms with E-state index in [1.807, 2.05) is 30.3 Å². The zero-order valence-electron chi connectivity index (χ0n) is 13.3. The van der Waals surface area contributed by atoms with Crippen molar-refractivity contribution in [1.29, 1.82) is 0 Å². The summed E-state index contributed by atoms with van der Waals surface area (Å²) in [6.07, 6.45) is 0.655. The molecule has 1 aromatic heterocycles. The van der Waals surface area contributed by atoms with Crippen molar-refractivity contribution in [3.8, 4) is 0 Å². The van der Waals surface area contributed by atoms with Crippen LogP contribution in [0.2, 0.25) is 0 Å². The summed E-state index contributed by atoms with van der Waals surface area (Å²) in [6.45, 7) is 0. The van der Waals surface area contributed by atoms with Crippen LogP contribution >= 0.6 is 12.4 Å². The summed E-state index contributed by atoms with van der Waals surface area (Å²) in [6, 6.07) is 16.0. The van der Waals surface area contributed by atoms with Gasteiger partial charge in [-0.15, -0.1) is 12.4 Å². The number of carbonyl (C=O) groups is 1. The van der Waals surface area contributed by atoms with Crippen LogP contribution in [-0.4, -0.2) is 11.9 Å². The van der Waals surface area contributed by atoms with Crippen LogP contribution in [0.5, 0.6) is 0 Å². The van der Waals surface area contributed by atoms with E-state index in [0.717, 1.165) is 11.1 Å². The van der Waals surface area contributed by atoms with Crippen molar-refractivity contribution in [2.45, 2.75) is 18.5 Å². The van der Waals surface area contributed by atoms with Gasteiger partial charge in [-0.25, -0.2) is 4.79 Å². The van der Waals surface area contributed by atoms with Gasteiger partial charge in [0.05, 0.1) is 12.1 Å². The lowest BCUT2D eigenvalue weighted by Gasteiger charge is -2.17. The summed E-state index contributed by atoms with van der Waals surface area (Å²) in [5.74, 6) is -0.456. The number of nitrogens with two attached hydrogens (primary N) is 1. The van der Waals surface area contributed by atoms with E-state index < -0.39 is 11.5 Å². The lowest BCUT2D eigenvalue weighted by Crippen LogP contribution is -2.42. The number of amides is 1. The van der Waals surface area contributed by atoms with E-state index >= 15 is 0 Å². The SMILES string of the molecule is Cl.N[C@@H]1c2ccccc2C[C@H]1NC(=O)c1cc2ccccc2oc1=O. The molecular formula is C19H17ClN2O3. The molecule has 4 rings (SSSR count). The second-order valence-electron chi connectivity index (χ2n) is 5.99. The van der Waals surface area contributed by atoms with E-state index in [0.29, 0.717) is 17.4 Å². The van der Waals surface area contributed by atoms with E-state index in [1.165, 1.54) is 0 Å². The predicted molar refractivity (Wildman–Crippen MR) is 98.1 cm³/mol. The van der Waals surface area contributed by atoms with Crippen LogP contribution in [0.3, 0.4) is 0 Å². The summed E-state index contributed by atoms with van der Waals surface area (Å²) >= 11 is 0. The van der Waals surface area contributed by atoms with Gasteiger partial charge < -0.3 is 15.5 Å². The van der Waals surface area contributed by atoms with Gasteiger partial charge in [0.1, 0.15) is 11.1 Å². The minimum Gasteiger partial charge on any atom is -0.422 e. The fraction of sp³-hybridized carbons (Fsp3) is 0.158. The summed E-state index contributed by atoms with van der Waals surface area (Å²) in [5.41, 5.74) is 8.21. The first-order chi connectivity index (χ1) is 11.6. The average Bonchev–Trinajstić information content (AvgIpc) is 2.90. The monoisotopic (exact) mass is 356 g/mol. The number of hydrogen-bond acceptors (Lipinski definition) is 4. The molecule has 25 heavy (non-hydrogen) atoms. The van der Waals surface area contributed by atoms with Gasteiger partial charge >= 0.3 is 5.63 Å². The number of para-hydroxylation sites is 1. The smallest absolute Gasteiger partial charge is 0.349 e. The maximum absolute atomic E-state index is 12.5. The van der Waals surface area contributed by atoms with Gasteiger partial charge in [0.15, 0.2) is 0 Å². The van der Waals surface area contributed by atoms with Crippen LogP contribution in [0, 0.1) is 0 Å². The highest BCUT2D eigenvalue weighted by Crippen LogP contribution is 2.29. The molecule has 0 bridgehead atoms. The first-order valence-corrected chi connectivity index (χ1v) is 7.80. The van der Waals surface area contributed by atoms with Crippen LogP contribution in [0.1, 0.15) is 27.5 Å². The molecule has 2 atom stereocenters. The van der Waals surface area contributed by atoms with Gasteiger partial charge in [-0.2, -0.15) is 0 Å². The second kappa shape index (κ2) is 6.70. The lowest BCUT2D eigenvalue weighted by molar-refractivity contribution is 0.0930. The number of halogens is 1. The molecule has 3 aromatic rings. The minimum absolute atomic E-state index is 0. The highest BCUT2D eigenvalue weighted by atomic mass is 35.5. The summed E-state index contributed by atoms with van der Waals surface area (Å²) in [4.78, 5) is 24.6. The van der Waals surface area contributed by atoms with Crippen LogP contribution in [0.15, 0.2) is 63.8 Å². The van der Waals surface area contributed by atoms with Crippen molar-refractivity contribution in [1.82, 2.24) is 5.32 Å². The molecule has 6 heteroatoms. The fourth-order valence-corrected chi connectivity index (χ4v) is 3.23. The first kappa shape index (κ1) is 17.2. The zero-order chi connectivity index (χ0) is 16.7. The Balaban J connectivity index is 0.00000182. The quantitative estimate of drug-likeness (QED) is 0.691. The van der Waals surface area contributed by atoms with Crippen molar-refractivity contribution in [2.24, 2.45) is 5.73 Å². The highest BCUT2D eigenvalue weighted by molar-refractivity contribution is 5.96. The Kier molecular flexibility index (Phi) is 4.61. The Hall–Kier alpha value is -2.63. The molecule has 0 radical (unpaired) electrons. The zero-order valence-corrected chi connectivity index (χ0v) is 14.1. The molecule has 128 valence electrons. The topological polar surface area (TPSA) is 85.3 Å². The number of carbonyl (C=O) groups excluding carboxylic acids is 1. The summed E-state index contributed by atoms with van der Waals surface area (Å²) in [7, 11) is 0. The summed E-state index contributed by atoms with van der Waals surface area (Å²) < 4.78 is 5.22. The predicted octanol–water partition coefficient (Wildman–Crippen LogP) is 2.57. The standard InChI is InChI=1S/C19H16N2O3.ClH/c20-17-13-7-3-1-5-11(13)10-15(17)21-18(22)14-9-12-6-2-4-8-16(12)24-19(14)23;/h1-9,15,17H,10,20H2,(H,21,22);1H/t15-,17-;/m1./s1. The molecule has 1 heterocycles. The Labute approximate surface area is 150 Å². The lowest BCUT2D eigenvalue weighted by atomic mass is 10.1. The van der Waals surface area contributed by atoms with Gasteiger partial charge in [0.25, 0.3) is 5.91 Å². The third-order valence-corrected chi connectivity index (χ3v) is 4.49. The first-order valence-electron chi connectivity index (χ1n) is 7.80. The van der Waals surface area contributed by atoms with E-state index in [2.05, 4.69) is 5.32 Å². The molecule has 5 nitrogen and oxygen atoms in total. The van der Waals surface area contributed by atoms with E-state index in [4.69, 9.17) is 10.2 Å². The molecule has 3 N–H and O–H groups in total. The highest BCUT2D eigenvalue weighted by Gasteiger charge is 2.31. The molecule has 0 unspecified atom stereocenters. The number of rotatable bonds is 2. The van der Waals surface area contributed by atoms with Crippen molar-refractivity contribution in [3.63, 3.8) is 0 Å². The van der Waals surface area contributed by atoms with Gasteiger partial charge in [0, 0.05) is 5.39 Å². The van der Waals surface area contributed by atoms with Gasteiger partial charge in [-0.1, -0.05) is 42.5 Å². The maximum atomic E-state index is 12.5. The van der Waals surface area contributed by atoms with Gasteiger partial charge in [0.2, 0.25) is 0 Å². The number of nitrogens with one attached hydrogen (secondary N) is 1. The third kappa shape index (κ3) is 3.04. The van der Waals surface area contributed by atoms with Crippen LogP contribution < -0.4 is 16.7 Å². The molecule has 0 saturated carbocycles. The maximum Gasteiger partial charge on any atom is 0.349 e. The van der Waals surface area contributed by atoms with E-state index in [1.54, 1.807) is 24.3 Å². The van der Waals surface area contributed by atoms with Gasteiger partial charge in [-0.3, -0.25) is 4.79 Å². The van der Waals surface area contributed by atoms with Gasteiger partial charge in [-0.05, 0) is 29.7 Å². The van der Waals surface area contributed by atoms with Crippen molar-refractivity contribution < 1.29 is 9.21 Å². The van der Waals surface area contributed by atoms with Crippen LogP contribution in [0.4, 0.5) is 0 Å². The molecule has 2 aromatic carbocycles. The fourth-order valence-electron chi connectivity index (χ4n) is 3.23. The normalized spacial score (nSPS) is 18.4. The van der Waals surface area contributed by atoms with Crippen molar-refractivity contribution in [2.75, 3.05) is 0 Å². The van der Waals surface area contributed by atoms with Crippen LogP contribution in [0.25, 0.3) is 11.0 Å².